The van der Waals surface area contributed by atoms with Gasteiger partial charge in [0.2, 0.25) is 5.91 Å². The lowest BCUT2D eigenvalue weighted by Crippen LogP contribution is -2.29. The molecule has 1 heterocycles. The number of hydrogen-bond donors (Lipinski definition) is 0. The highest BCUT2D eigenvalue weighted by Crippen LogP contribution is 2.34. The van der Waals surface area contributed by atoms with Crippen LogP contribution in [0.25, 0.3) is 0 Å². The Balaban J connectivity index is 1.90. The summed E-state index contributed by atoms with van der Waals surface area (Å²) in [5.74, 6) is -2.32. The van der Waals surface area contributed by atoms with Crippen LogP contribution in [0.5, 0.6) is 0 Å². The zero-order valence-electron chi connectivity index (χ0n) is 14.7. The first-order valence-electron chi connectivity index (χ1n) is 8.44. The highest BCUT2D eigenvalue weighted by Gasteiger charge is 2.43. The van der Waals surface area contributed by atoms with Crippen LogP contribution in [-0.4, -0.2) is 30.2 Å². The van der Waals surface area contributed by atoms with Crippen molar-refractivity contribution in [1.29, 1.82) is 5.26 Å². The van der Waals surface area contributed by atoms with Gasteiger partial charge in [-0.15, -0.1) is 0 Å². The third kappa shape index (κ3) is 3.23. The second kappa shape index (κ2) is 7.09. The third-order valence-corrected chi connectivity index (χ3v) is 4.93. The van der Waals surface area contributed by atoms with Crippen LogP contribution in [0, 0.1) is 30.0 Å². The largest absolute Gasteiger partial charge is 0.344 e. The first-order valence-corrected chi connectivity index (χ1v) is 8.44. The van der Waals surface area contributed by atoms with Crippen molar-refractivity contribution in [2.45, 2.75) is 19.3 Å². The lowest BCUT2D eigenvalue weighted by molar-refractivity contribution is -0.136. The number of nitriles is 1. The van der Waals surface area contributed by atoms with Crippen LogP contribution in [0.1, 0.15) is 28.2 Å². The molecule has 0 unspecified atom stereocenters. The molecule has 1 amide bonds. The minimum Gasteiger partial charge on any atom is -0.344 e. The molecule has 4 nitrogen and oxygen atoms in total. The maximum Gasteiger partial charge on any atom is 0.233 e. The van der Waals surface area contributed by atoms with Crippen molar-refractivity contribution >= 4 is 11.7 Å². The van der Waals surface area contributed by atoms with Gasteiger partial charge >= 0.3 is 0 Å². The molecular formula is C21H19FN2O2. The fourth-order valence-corrected chi connectivity index (χ4v) is 3.47. The molecular weight excluding hydrogens is 331 g/mol. The molecule has 0 aromatic heterocycles. The van der Waals surface area contributed by atoms with Gasteiger partial charge < -0.3 is 4.90 Å². The number of likely N-dealkylation sites (tertiary alicyclic amines) is 1. The van der Waals surface area contributed by atoms with Crippen LogP contribution in [0.4, 0.5) is 4.39 Å². The summed E-state index contributed by atoms with van der Waals surface area (Å²) < 4.78 is 14.3. The fraction of sp³-hybridized carbons (Fsp3) is 0.286. The van der Waals surface area contributed by atoms with Crippen molar-refractivity contribution in [3.63, 3.8) is 0 Å². The van der Waals surface area contributed by atoms with Crippen molar-refractivity contribution in [3.05, 3.63) is 70.5 Å². The molecule has 1 fully saturated rings. The third-order valence-electron chi connectivity index (χ3n) is 4.93. The molecule has 1 saturated heterocycles. The SMILES string of the molecule is Cc1ccc([C@H]2CN(C)C(=O)[C@@H]2C(=O)Cc2cccc(C#N)c2F)cc1. The number of rotatable bonds is 4. The van der Waals surface area contributed by atoms with Crippen molar-refractivity contribution in [2.24, 2.45) is 5.92 Å². The Hall–Kier alpha value is -3.00. The van der Waals surface area contributed by atoms with Crippen LogP contribution < -0.4 is 0 Å². The van der Waals surface area contributed by atoms with Crippen LogP contribution in [0.2, 0.25) is 0 Å². The highest BCUT2D eigenvalue weighted by atomic mass is 19.1. The quantitative estimate of drug-likeness (QED) is 0.797. The Morgan fingerprint density at radius 2 is 1.96 bits per heavy atom. The number of nitrogens with zero attached hydrogens (tertiary/aromatic N) is 2. The molecule has 2 aromatic rings. The van der Waals surface area contributed by atoms with E-state index < -0.39 is 11.7 Å². The number of hydrogen-bond acceptors (Lipinski definition) is 3. The predicted octanol–water partition coefficient (Wildman–Crippen LogP) is 2.99. The average Bonchev–Trinajstić information content (AvgIpc) is 2.92. The average molecular weight is 350 g/mol. The van der Waals surface area contributed by atoms with Gasteiger partial charge in [0.25, 0.3) is 0 Å². The topological polar surface area (TPSA) is 61.2 Å². The number of carbonyl (C=O) groups excluding carboxylic acids is 2. The van der Waals surface area contributed by atoms with Crippen LogP contribution in [0.3, 0.4) is 0 Å². The minimum atomic E-state index is -0.826. The Kier molecular flexibility index (Phi) is 4.85. The molecule has 5 heteroatoms. The Morgan fingerprint density at radius 3 is 2.62 bits per heavy atom. The summed E-state index contributed by atoms with van der Waals surface area (Å²) in [6, 6.07) is 13.9. The lowest BCUT2D eigenvalue weighted by atomic mass is 9.83. The Morgan fingerprint density at radius 1 is 1.27 bits per heavy atom. The first kappa shape index (κ1) is 17.8. The van der Waals surface area contributed by atoms with Crippen LogP contribution in [0.15, 0.2) is 42.5 Å². The smallest absolute Gasteiger partial charge is 0.233 e. The predicted molar refractivity (Wildman–Crippen MR) is 94.9 cm³/mol. The van der Waals surface area contributed by atoms with Crippen LogP contribution >= 0.6 is 0 Å². The number of halogens is 1. The summed E-state index contributed by atoms with van der Waals surface area (Å²) in [7, 11) is 1.67. The van der Waals surface area contributed by atoms with E-state index in [0.29, 0.717) is 6.54 Å². The number of amides is 1. The molecule has 0 N–H and O–H groups in total. The van der Waals surface area contributed by atoms with Gasteiger partial charge in [-0.05, 0) is 24.1 Å². The summed E-state index contributed by atoms with van der Waals surface area (Å²) in [6.45, 7) is 2.43. The zero-order chi connectivity index (χ0) is 18.8. The number of likely N-dealkylation sites (N-methyl/N-ethyl adjacent to an activating group) is 1. The molecule has 0 bridgehead atoms. The molecule has 3 rings (SSSR count). The normalized spacial score (nSPS) is 19.5. The first-order chi connectivity index (χ1) is 12.4. The van der Waals surface area contributed by atoms with Gasteiger partial charge in [0.1, 0.15) is 23.6 Å². The van der Waals surface area contributed by atoms with Crippen molar-refractivity contribution in [2.75, 3.05) is 13.6 Å². The second-order valence-corrected chi connectivity index (χ2v) is 6.75. The van der Waals surface area contributed by atoms with Gasteiger partial charge in [0.05, 0.1) is 5.56 Å². The van der Waals surface area contributed by atoms with Gasteiger partial charge in [-0.3, -0.25) is 9.59 Å². The lowest BCUT2D eigenvalue weighted by Gasteiger charge is -2.16. The second-order valence-electron chi connectivity index (χ2n) is 6.75. The summed E-state index contributed by atoms with van der Waals surface area (Å²) in [5, 5.41) is 8.94. The molecule has 0 spiro atoms. The molecule has 2 atom stereocenters. The number of ketones is 1. The van der Waals surface area contributed by atoms with E-state index in [1.807, 2.05) is 31.2 Å². The van der Waals surface area contributed by atoms with E-state index in [1.54, 1.807) is 24.1 Å². The number of aryl methyl sites for hydroxylation is 1. The van der Waals surface area contributed by atoms with E-state index in [2.05, 4.69) is 0 Å². The summed E-state index contributed by atoms with van der Waals surface area (Å²) in [6.07, 6.45) is -0.200. The summed E-state index contributed by atoms with van der Waals surface area (Å²) in [4.78, 5) is 27.0. The molecule has 132 valence electrons. The van der Waals surface area contributed by atoms with Gasteiger partial charge in [0, 0.05) is 25.9 Å². The van der Waals surface area contributed by atoms with E-state index in [-0.39, 0.29) is 35.2 Å². The van der Waals surface area contributed by atoms with Gasteiger partial charge in [-0.2, -0.15) is 5.26 Å². The summed E-state index contributed by atoms with van der Waals surface area (Å²) >= 11 is 0. The number of benzene rings is 2. The Bertz CT molecular complexity index is 899. The minimum absolute atomic E-state index is 0.0970. The van der Waals surface area contributed by atoms with E-state index in [4.69, 9.17) is 5.26 Å². The molecule has 0 saturated carbocycles. The van der Waals surface area contributed by atoms with Gasteiger partial charge in [0.15, 0.2) is 0 Å². The standard InChI is InChI=1S/C21H19FN2O2/c1-13-6-8-14(9-7-13)17-12-24(2)21(26)19(17)18(25)10-15-4-3-5-16(11-23)20(15)22/h3-9,17,19H,10,12H2,1-2H3/t17-,19+/m1/s1. The van der Waals surface area contributed by atoms with Crippen molar-refractivity contribution in [1.82, 2.24) is 4.90 Å². The highest BCUT2D eigenvalue weighted by molar-refractivity contribution is 6.04. The van der Waals surface area contributed by atoms with E-state index in [1.165, 1.54) is 12.1 Å². The molecule has 1 aliphatic rings. The maximum atomic E-state index is 14.3. The molecule has 0 radical (unpaired) electrons. The van der Waals surface area contributed by atoms with Crippen molar-refractivity contribution < 1.29 is 14.0 Å². The monoisotopic (exact) mass is 350 g/mol. The number of Topliss-reactive ketones (excluding diaryl/α,β-unsaturated/α-hetero) is 1. The maximum absolute atomic E-state index is 14.3. The van der Waals surface area contributed by atoms with Gasteiger partial charge in [-0.1, -0.05) is 42.0 Å². The number of carbonyl (C=O) groups is 2. The van der Waals surface area contributed by atoms with E-state index in [0.717, 1.165) is 11.1 Å². The van der Waals surface area contributed by atoms with Crippen molar-refractivity contribution in [3.8, 4) is 6.07 Å². The molecule has 26 heavy (non-hydrogen) atoms. The van der Waals surface area contributed by atoms with E-state index in [9.17, 15) is 14.0 Å². The Labute approximate surface area is 151 Å². The molecule has 1 aliphatic heterocycles. The van der Waals surface area contributed by atoms with Gasteiger partial charge in [-0.25, -0.2) is 4.39 Å². The zero-order valence-corrected chi connectivity index (χ0v) is 14.7. The fourth-order valence-electron chi connectivity index (χ4n) is 3.47. The molecule has 2 aromatic carbocycles. The summed E-state index contributed by atoms with van der Waals surface area (Å²) in [5.41, 5.74) is 2.09. The molecule has 0 aliphatic carbocycles. The van der Waals surface area contributed by atoms with E-state index >= 15 is 0 Å². The van der Waals surface area contributed by atoms with Crippen LogP contribution in [-0.2, 0) is 16.0 Å².